The highest BCUT2D eigenvalue weighted by molar-refractivity contribution is 5.98. The molecule has 0 aliphatic rings. The Bertz CT molecular complexity index is 1390. The molecule has 1 atom stereocenters. The normalized spacial score (nSPS) is 11.6. The molecule has 1 unspecified atom stereocenters. The summed E-state index contributed by atoms with van der Waals surface area (Å²) in [6, 6.07) is 4.27. The van der Waals surface area contributed by atoms with Crippen LogP contribution in [-0.2, 0) is 25.7 Å². The molecule has 2 aromatic heterocycles. The summed E-state index contributed by atoms with van der Waals surface area (Å²) >= 11 is 0. The second-order valence-corrected chi connectivity index (χ2v) is 7.74. The topological polar surface area (TPSA) is 231 Å². The monoisotopic (exact) mass is 513 g/mol. The van der Waals surface area contributed by atoms with Gasteiger partial charge in [0.15, 0.2) is 11.2 Å². The largest absolute Gasteiger partial charge is 0.481 e. The van der Waals surface area contributed by atoms with E-state index in [0.29, 0.717) is 5.69 Å². The van der Waals surface area contributed by atoms with Crippen LogP contribution in [0, 0.1) is 0 Å². The van der Waals surface area contributed by atoms with Gasteiger partial charge in [0.25, 0.3) is 17.4 Å². The van der Waals surface area contributed by atoms with E-state index in [9.17, 15) is 29.1 Å². The zero-order valence-corrected chi connectivity index (χ0v) is 19.5. The summed E-state index contributed by atoms with van der Waals surface area (Å²) in [6.07, 6.45) is 0.623. The summed E-state index contributed by atoms with van der Waals surface area (Å²) < 4.78 is 4.95. The standard InChI is InChI=1S/C22H23N7O8/c1-37-10-15(30)29(9-12-8-24-18-17(25-12)20(34)28-22(23)27-18)13-4-2-11(3-5-13)19(33)26-14(21(35)36)6-7-16(31)32/h2-5,8,14H,6-7,9-10H2,1H3,(H,26,33)(H,31,32)(H,35,36)(H3,23,24,27,28,34). The van der Waals surface area contributed by atoms with E-state index in [-0.39, 0.29) is 47.9 Å². The van der Waals surface area contributed by atoms with Gasteiger partial charge in [0.05, 0.1) is 18.4 Å². The van der Waals surface area contributed by atoms with Gasteiger partial charge < -0.3 is 30.9 Å². The van der Waals surface area contributed by atoms with Crippen molar-refractivity contribution in [2.75, 3.05) is 24.4 Å². The lowest BCUT2D eigenvalue weighted by Crippen LogP contribution is -2.41. The molecule has 1 aromatic carbocycles. The van der Waals surface area contributed by atoms with E-state index in [1.54, 1.807) is 0 Å². The Morgan fingerprint density at radius 2 is 1.86 bits per heavy atom. The Kier molecular flexibility index (Phi) is 8.42. The summed E-state index contributed by atoms with van der Waals surface area (Å²) in [5.41, 5.74) is 5.60. The van der Waals surface area contributed by atoms with E-state index in [1.807, 2.05) is 0 Å². The number of methoxy groups -OCH3 is 1. The minimum Gasteiger partial charge on any atom is -0.481 e. The molecule has 6 N–H and O–H groups in total. The molecule has 0 spiro atoms. The Labute approximate surface area is 208 Å². The lowest BCUT2D eigenvalue weighted by molar-refractivity contribution is -0.140. The van der Waals surface area contributed by atoms with Gasteiger partial charge in [-0.25, -0.2) is 14.8 Å². The van der Waals surface area contributed by atoms with Gasteiger partial charge in [-0.15, -0.1) is 0 Å². The number of carbonyl (C=O) groups excluding carboxylic acids is 2. The lowest BCUT2D eigenvalue weighted by Gasteiger charge is -2.22. The maximum absolute atomic E-state index is 12.8. The molecule has 3 rings (SSSR count). The van der Waals surface area contributed by atoms with E-state index in [0.717, 1.165) is 0 Å². The number of H-pyrrole nitrogens is 1. The number of ether oxygens (including phenoxy) is 1. The summed E-state index contributed by atoms with van der Waals surface area (Å²) in [4.78, 5) is 75.3. The maximum Gasteiger partial charge on any atom is 0.326 e. The predicted molar refractivity (Wildman–Crippen MR) is 128 cm³/mol. The minimum absolute atomic E-state index is 0.0400. The van der Waals surface area contributed by atoms with E-state index >= 15 is 0 Å². The van der Waals surface area contributed by atoms with Crippen molar-refractivity contribution in [1.82, 2.24) is 25.3 Å². The number of nitrogens with one attached hydrogen (secondary N) is 2. The molecule has 3 aromatic rings. The smallest absolute Gasteiger partial charge is 0.326 e. The molecular formula is C22H23N7O8. The molecule has 37 heavy (non-hydrogen) atoms. The number of aromatic nitrogens is 4. The number of rotatable bonds is 11. The van der Waals surface area contributed by atoms with Crippen LogP contribution in [0.5, 0.6) is 0 Å². The van der Waals surface area contributed by atoms with Gasteiger partial charge in [-0.2, -0.15) is 4.98 Å². The van der Waals surface area contributed by atoms with Crippen LogP contribution in [0.25, 0.3) is 11.2 Å². The van der Waals surface area contributed by atoms with E-state index in [1.165, 1.54) is 42.5 Å². The number of amides is 2. The van der Waals surface area contributed by atoms with Crippen LogP contribution in [0.1, 0.15) is 28.9 Å². The van der Waals surface area contributed by atoms with Gasteiger partial charge in [0.1, 0.15) is 12.6 Å². The number of nitrogens with zero attached hydrogens (tertiary/aromatic N) is 4. The van der Waals surface area contributed by atoms with Crippen LogP contribution in [-0.4, -0.2) is 73.7 Å². The first-order valence-corrected chi connectivity index (χ1v) is 10.7. The average molecular weight is 513 g/mol. The first kappa shape index (κ1) is 26.7. The highest BCUT2D eigenvalue weighted by Gasteiger charge is 2.23. The van der Waals surface area contributed by atoms with Crippen molar-refractivity contribution in [3.63, 3.8) is 0 Å². The Morgan fingerprint density at radius 1 is 1.16 bits per heavy atom. The number of nitrogens with two attached hydrogens (primary N) is 1. The maximum atomic E-state index is 12.8. The Hall–Kier alpha value is -4.92. The van der Waals surface area contributed by atoms with Crippen LogP contribution in [0.3, 0.4) is 0 Å². The molecule has 15 heteroatoms. The fourth-order valence-electron chi connectivity index (χ4n) is 3.29. The molecule has 0 saturated heterocycles. The molecule has 15 nitrogen and oxygen atoms in total. The molecule has 0 radical (unpaired) electrons. The van der Waals surface area contributed by atoms with Crippen LogP contribution in [0.4, 0.5) is 11.6 Å². The van der Waals surface area contributed by atoms with Gasteiger partial charge in [0.2, 0.25) is 5.95 Å². The van der Waals surface area contributed by atoms with Crippen LogP contribution in [0.15, 0.2) is 35.3 Å². The summed E-state index contributed by atoms with van der Waals surface area (Å²) in [7, 11) is 1.35. The fraction of sp³-hybridized carbons (Fsp3) is 0.273. The number of anilines is 2. The zero-order chi connectivity index (χ0) is 27.1. The van der Waals surface area contributed by atoms with E-state index in [4.69, 9.17) is 15.6 Å². The highest BCUT2D eigenvalue weighted by atomic mass is 16.5. The molecule has 2 amide bonds. The molecular weight excluding hydrogens is 490 g/mol. The van der Waals surface area contributed by atoms with Gasteiger partial charge in [-0.3, -0.25) is 24.2 Å². The van der Waals surface area contributed by atoms with Gasteiger partial charge >= 0.3 is 11.9 Å². The third-order valence-corrected chi connectivity index (χ3v) is 5.07. The fourth-order valence-corrected chi connectivity index (χ4v) is 3.29. The third kappa shape index (κ3) is 6.82. The molecule has 0 saturated carbocycles. The lowest BCUT2D eigenvalue weighted by atomic mass is 10.1. The van der Waals surface area contributed by atoms with Gasteiger partial charge in [0, 0.05) is 24.8 Å². The van der Waals surface area contributed by atoms with Crippen molar-refractivity contribution in [2.24, 2.45) is 0 Å². The van der Waals surface area contributed by atoms with Crippen LogP contribution < -0.4 is 21.5 Å². The number of carboxylic acid groups (broad SMARTS) is 2. The van der Waals surface area contributed by atoms with Crippen LogP contribution in [0.2, 0.25) is 0 Å². The van der Waals surface area contributed by atoms with Crippen molar-refractivity contribution in [3.05, 3.63) is 52.1 Å². The summed E-state index contributed by atoms with van der Waals surface area (Å²) in [6.45, 7) is -0.372. The number of hydrogen-bond donors (Lipinski definition) is 5. The molecule has 0 fully saturated rings. The number of aliphatic carboxylic acids is 2. The number of fused-ring (bicyclic) bond motifs is 1. The van der Waals surface area contributed by atoms with Crippen molar-refractivity contribution in [1.29, 1.82) is 0 Å². The van der Waals surface area contributed by atoms with E-state index < -0.39 is 41.8 Å². The zero-order valence-electron chi connectivity index (χ0n) is 19.5. The average Bonchev–Trinajstić information content (AvgIpc) is 2.85. The van der Waals surface area contributed by atoms with Crippen molar-refractivity contribution in [3.8, 4) is 0 Å². The molecule has 2 heterocycles. The highest BCUT2D eigenvalue weighted by Crippen LogP contribution is 2.19. The molecule has 0 bridgehead atoms. The first-order valence-electron chi connectivity index (χ1n) is 10.7. The second-order valence-electron chi connectivity index (χ2n) is 7.74. The van der Waals surface area contributed by atoms with E-state index in [2.05, 4.69) is 25.3 Å². The number of carbonyl (C=O) groups is 4. The van der Waals surface area contributed by atoms with Crippen molar-refractivity contribution < 1.29 is 34.1 Å². The number of carboxylic acids is 2. The number of aromatic amines is 1. The Balaban J connectivity index is 1.83. The minimum atomic E-state index is -1.39. The molecule has 0 aliphatic heterocycles. The summed E-state index contributed by atoms with van der Waals surface area (Å²) in [5, 5.41) is 20.3. The molecule has 0 aliphatic carbocycles. The number of benzene rings is 1. The van der Waals surface area contributed by atoms with Gasteiger partial charge in [-0.05, 0) is 30.7 Å². The predicted octanol–water partition coefficient (Wildman–Crippen LogP) is -0.477. The summed E-state index contributed by atoms with van der Waals surface area (Å²) in [5.74, 6) is -3.85. The first-order chi connectivity index (χ1) is 17.6. The Morgan fingerprint density at radius 3 is 2.49 bits per heavy atom. The number of nitrogen functional groups attached to an aromatic ring is 1. The molecule has 194 valence electrons. The van der Waals surface area contributed by atoms with Crippen LogP contribution >= 0.6 is 0 Å². The quantitative estimate of drug-likeness (QED) is 0.219. The van der Waals surface area contributed by atoms with Crippen molar-refractivity contribution >= 4 is 46.6 Å². The third-order valence-electron chi connectivity index (χ3n) is 5.07. The number of hydrogen-bond acceptors (Lipinski definition) is 10. The SMILES string of the molecule is COCC(=O)N(Cc1cnc2nc(N)[nH]c(=O)c2n1)c1ccc(C(=O)NC(CCC(=O)O)C(=O)O)cc1. The second kappa shape index (κ2) is 11.7. The van der Waals surface area contributed by atoms with Gasteiger partial charge in [-0.1, -0.05) is 0 Å². The van der Waals surface area contributed by atoms with Crippen molar-refractivity contribution in [2.45, 2.75) is 25.4 Å².